The van der Waals surface area contributed by atoms with Crippen LogP contribution in [0.5, 0.6) is 11.5 Å². The zero-order chi connectivity index (χ0) is 14.9. The van der Waals surface area contributed by atoms with E-state index in [9.17, 15) is 9.90 Å². The highest BCUT2D eigenvalue weighted by Gasteiger charge is 2.40. The molecule has 1 saturated carbocycles. The van der Waals surface area contributed by atoms with Crippen molar-refractivity contribution in [2.75, 3.05) is 0 Å². The third-order valence-electron chi connectivity index (χ3n) is 4.16. The van der Waals surface area contributed by atoms with Crippen LogP contribution in [-0.2, 0) is 0 Å². The fraction of sp³-hybridized carbons (Fsp3) is 0.467. The molecule has 1 aliphatic heterocycles. The Bertz CT molecular complexity index is 592. The molecular weight excluding hydrogens is 270 g/mol. The van der Waals surface area contributed by atoms with Gasteiger partial charge in [0.15, 0.2) is 0 Å². The van der Waals surface area contributed by atoms with Crippen LogP contribution in [0.3, 0.4) is 0 Å². The molecule has 1 heterocycles. The number of hydrogen-bond donors (Lipinski definition) is 3. The van der Waals surface area contributed by atoms with Gasteiger partial charge in [0.05, 0.1) is 5.71 Å². The third kappa shape index (κ3) is 2.79. The van der Waals surface area contributed by atoms with Gasteiger partial charge in [-0.3, -0.25) is 0 Å². The quantitative estimate of drug-likeness (QED) is 0.692. The van der Waals surface area contributed by atoms with Crippen molar-refractivity contribution in [1.82, 2.24) is 5.43 Å². The predicted octanol–water partition coefficient (Wildman–Crippen LogP) is 2.25. The molecular formula is C15H19N3O3. The van der Waals surface area contributed by atoms with Crippen LogP contribution in [0.2, 0.25) is 0 Å². The Morgan fingerprint density at radius 1 is 1.33 bits per heavy atom. The van der Waals surface area contributed by atoms with Gasteiger partial charge in [0.1, 0.15) is 17.1 Å². The molecule has 0 bridgehead atoms. The van der Waals surface area contributed by atoms with Gasteiger partial charge in [0, 0.05) is 12.0 Å². The standard InChI is InChI=1S/C15H19N3O3/c16-14(20)18-17-12-9-15(6-2-1-3-7-15)21-13-5-4-10(19)8-11(12)13/h4-5,8,19H,1-3,6-7,9H2,(H3,16,18,20)/b17-12+. The molecule has 1 aromatic carbocycles. The van der Waals surface area contributed by atoms with Crippen LogP contribution in [0, 0.1) is 0 Å². The largest absolute Gasteiger partial charge is 0.508 e. The van der Waals surface area contributed by atoms with Crippen molar-refractivity contribution in [2.45, 2.75) is 44.1 Å². The van der Waals surface area contributed by atoms with E-state index in [-0.39, 0.29) is 11.4 Å². The Hall–Kier alpha value is -2.24. The number of nitrogens with zero attached hydrogens (tertiary/aromatic N) is 1. The minimum atomic E-state index is -0.701. The second-order valence-electron chi connectivity index (χ2n) is 5.74. The van der Waals surface area contributed by atoms with E-state index in [1.807, 2.05) is 0 Å². The summed E-state index contributed by atoms with van der Waals surface area (Å²) in [6, 6.07) is 4.25. The predicted molar refractivity (Wildman–Crippen MR) is 78.4 cm³/mol. The fourth-order valence-corrected chi connectivity index (χ4v) is 3.20. The van der Waals surface area contributed by atoms with Crippen molar-refractivity contribution in [3.05, 3.63) is 23.8 Å². The highest BCUT2D eigenvalue weighted by Crippen LogP contribution is 2.42. The van der Waals surface area contributed by atoms with Gasteiger partial charge in [-0.1, -0.05) is 6.42 Å². The third-order valence-corrected chi connectivity index (χ3v) is 4.16. The molecule has 0 aromatic heterocycles. The molecule has 0 radical (unpaired) electrons. The number of hydrogen-bond acceptors (Lipinski definition) is 4. The topological polar surface area (TPSA) is 96.9 Å². The average Bonchev–Trinajstić information content (AvgIpc) is 2.46. The van der Waals surface area contributed by atoms with Crippen molar-refractivity contribution >= 4 is 11.7 Å². The van der Waals surface area contributed by atoms with Crippen LogP contribution in [0.25, 0.3) is 0 Å². The molecule has 21 heavy (non-hydrogen) atoms. The van der Waals surface area contributed by atoms with Gasteiger partial charge in [-0.15, -0.1) is 0 Å². The Kier molecular flexibility index (Phi) is 3.45. The molecule has 6 nitrogen and oxygen atoms in total. The van der Waals surface area contributed by atoms with Crippen LogP contribution in [-0.4, -0.2) is 22.5 Å². The normalized spacial score (nSPS) is 21.6. The Morgan fingerprint density at radius 3 is 2.81 bits per heavy atom. The number of carbonyl (C=O) groups is 1. The monoisotopic (exact) mass is 289 g/mol. The molecule has 4 N–H and O–H groups in total. The Balaban J connectivity index is 1.99. The second kappa shape index (κ2) is 5.27. The summed E-state index contributed by atoms with van der Waals surface area (Å²) in [4.78, 5) is 10.9. The highest BCUT2D eigenvalue weighted by atomic mass is 16.5. The first-order chi connectivity index (χ1) is 10.1. The van der Waals surface area contributed by atoms with Gasteiger partial charge < -0.3 is 15.6 Å². The van der Waals surface area contributed by atoms with Crippen LogP contribution in [0.1, 0.15) is 44.1 Å². The number of benzene rings is 1. The number of amides is 2. The summed E-state index contributed by atoms with van der Waals surface area (Å²) in [5, 5.41) is 13.8. The lowest BCUT2D eigenvalue weighted by Crippen LogP contribution is -2.44. The molecule has 0 unspecified atom stereocenters. The molecule has 2 aliphatic rings. The first-order valence-corrected chi connectivity index (χ1v) is 7.22. The second-order valence-corrected chi connectivity index (χ2v) is 5.74. The smallest absolute Gasteiger partial charge is 0.332 e. The number of carbonyl (C=O) groups excluding carboxylic acids is 1. The van der Waals surface area contributed by atoms with E-state index in [1.165, 1.54) is 6.42 Å². The molecule has 6 heteroatoms. The summed E-state index contributed by atoms with van der Waals surface area (Å²) in [6.45, 7) is 0. The summed E-state index contributed by atoms with van der Waals surface area (Å²) < 4.78 is 6.22. The summed E-state index contributed by atoms with van der Waals surface area (Å²) in [5.74, 6) is 0.842. The number of aromatic hydroxyl groups is 1. The molecule has 3 rings (SSSR count). The Morgan fingerprint density at radius 2 is 2.10 bits per heavy atom. The zero-order valence-electron chi connectivity index (χ0n) is 11.8. The number of phenols is 1. The van der Waals surface area contributed by atoms with Gasteiger partial charge in [-0.25, -0.2) is 10.2 Å². The molecule has 1 aliphatic carbocycles. The number of nitrogens with one attached hydrogen (secondary N) is 1. The van der Waals surface area contributed by atoms with Gasteiger partial charge >= 0.3 is 6.03 Å². The number of rotatable bonds is 1. The number of urea groups is 1. The minimum Gasteiger partial charge on any atom is -0.508 e. The van der Waals surface area contributed by atoms with Crippen LogP contribution >= 0.6 is 0 Å². The first-order valence-electron chi connectivity index (χ1n) is 7.22. The van der Waals surface area contributed by atoms with Crippen LogP contribution in [0.4, 0.5) is 4.79 Å². The van der Waals surface area contributed by atoms with Crippen molar-refractivity contribution < 1.29 is 14.6 Å². The van der Waals surface area contributed by atoms with Crippen molar-refractivity contribution in [3.63, 3.8) is 0 Å². The van der Waals surface area contributed by atoms with E-state index < -0.39 is 6.03 Å². The Labute approximate surface area is 123 Å². The molecule has 0 atom stereocenters. The van der Waals surface area contributed by atoms with Gasteiger partial charge in [-0.05, 0) is 43.9 Å². The number of primary amides is 1. The van der Waals surface area contributed by atoms with Crippen LogP contribution < -0.4 is 15.9 Å². The number of ether oxygens (including phenoxy) is 1. The minimum absolute atomic E-state index is 0.142. The van der Waals surface area contributed by atoms with Crippen LogP contribution in [0.15, 0.2) is 23.3 Å². The molecule has 1 fully saturated rings. The van der Waals surface area contributed by atoms with E-state index >= 15 is 0 Å². The van der Waals surface area contributed by atoms with Gasteiger partial charge in [-0.2, -0.15) is 5.10 Å². The lowest BCUT2D eigenvalue weighted by molar-refractivity contribution is 0.0320. The average molecular weight is 289 g/mol. The van der Waals surface area contributed by atoms with E-state index in [1.54, 1.807) is 18.2 Å². The van der Waals surface area contributed by atoms with E-state index in [2.05, 4.69) is 10.5 Å². The SMILES string of the molecule is NC(=O)N/N=C1\CC2(CCCCC2)Oc2ccc(O)cc21. The summed E-state index contributed by atoms with van der Waals surface area (Å²) in [7, 11) is 0. The maximum Gasteiger partial charge on any atom is 0.332 e. The fourth-order valence-electron chi connectivity index (χ4n) is 3.20. The lowest BCUT2D eigenvalue weighted by Gasteiger charge is -2.41. The van der Waals surface area contributed by atoms with E-state index in [0.29, 0.717) is 23.4 Å². The number of hydrazone groups is 1. The molecule has 112 valence electrons. The molecule has 0 saturated heterocycles. The van der Waals surface area contributed by atoms with E-state index in [0.717, 1.165) is 25.7 Å². The maximum absolute atomic E-state index is 10.9. The summed E-state index contributed by atoms with van der Waals surface area (Å²) in [5.41, 5.74) is 8.54. The summed E-state index contributed by atoms with van der Waals surface area (Å²) >= 11 is 0. The lowest BCUT2D eigenvalue weighted by atomic mass is 9.78. The maximum atomic E-state index is 10.9. The molecule has 1 spiro atoms. The van der Waals surface area contributed by atoms with Gasteiger partial charge in [0.2, 0.25) is 0 Å². The van der Waals surface area contributed by atoms with Gasteiger partial charge in [0.25, 0.3) is 0 Å². The number of phenolic OH excluding ortho intramolecular Hbond substituents is 1. The molecule has 2 amide bonds. The van der Waals surface area contributed by atoms with E-state index in [4.69, 9.17) is 10.5 Å². The highest BCUT2D eigenvalue weighted by molar-refractivity contribution is 6.05. The number of nitrogens with two attached hydrogens (primary N) is 1. The first kappa shape index (κ1) is 13.7. The summed E-state index contributed by atoms with van der Waals surface area (Å²) in [6.07, 6.45) is 6.04. The van der Waals surface area contributed by atoms with Crippen molar-refractivity contribution in [2.24, 2.45) is 10.8 Å². The molecule has 1 aromatic rings. The van der Waals surface area contributed by atoms with Crippen molar-refractivity contribution in [1.29, 1.82) is 0 Å². The van der Waals surface area contributed by atoms with Crippen molar-refractivity contribution in [3.8, 4) is 11.5 Å². The number of fused-ring (bicyclic) bond motifs is 1. The zero-order valence-corrected chi connectivity index (χ0v) is 11.8.